The second kappa shape index (κ2) is 6.34. The number of halogens is 2. The minimum Gasteiger partial charge on any atom is -0.302 e. The number of aromatic nitrogens is 3. The van der Waals surface area contributed by atoms with Crippen molar-refractivity contribution in [2.75, 3.05) is 0 Å². The van der Waals surface area contributed by atoms with Gasteiger partial charge in [0, 0.05) is 25.1 Å². The van der Waals surface area contributed by atoms with E-state index < -0.39 is 4.92 Å². The van der Waals surface area contributed by atoms with Gasteiger partial charge in [0.15, 0.2) is 0 Å². The summed E-state index contributed by atoms with van der Waals surface area (Å²) in [6.07, 6.45) is 3.21. The number of imidazole rings is 1. The van der Waals surface area contributed by atoms with Crippen LogP contribution in [0.4, 0.5) is 5.69 Å². The normalized spacial score (nSPS) is 10.9. The number of pyridine rings is 1. The van der Waals surface area contributed by atoms with E-state index in [1.165, 1.54) is 9.13 Å². The molecule has 0 amide bonds. The van der Waals surface area contributed by atoms with E-state index in [2.05, 4.69) is 4.98 Å². The molecule has 2 aromatic heterocycles. The molecule has 0 bridgehead atoms. The lowest BCUT2D eigenvalue weighted by Gasteiger charge is -2.09. The lowest BCUT2D eigenvalue weighted by atomic mass is 10.0. The first kappa shape index (κ1) is 17.2. The lowest BCUT2D eigenvalue weighted by molar-refractivity contribution is -0.384. The van der Waals surface area contributed by atoms with Crippen LogP contribution in [0.3, 0.4) is 0 Å². The topological polar surface area (TPSA) is 83.0 Å². The number of nitrogens with zero attached hydrogens (tertiary/aromatic N) is 4. The van der Waals surface area contributed by atoms with Crippen LogP contribution in [0.2, 0.25) is 10.2 Å². The number of rotatable bonds is 3. The fourth-order valence-corrected chi connectivity index (χ4v) is 3.12. The van der Waals surface area contributed by atoms with Crippen molar-refractivity contribution in [3.8, 4) is 16.8 Å². The Balaban J connectivity index is 2.19. The second-order valence-electron chi connectivity index (χ2n) is 5.44. The zero-order valence-corrected chi connectivity index (χ0v) is 14.7. The fraction of sp³-hybridized carbons (Fsp3) is 0.125. The predicted molar refractivity (Wildman–Crippen MR) is 95.7 cm³/mol. The Kier molecular flexibility index (Phi) is 4.36. The monoisotopic (exact) mass is 378 g/mol. The molecule has 0 aliphatic rings. The van der Waals surface area contributed by atoms with E-state index in [0.717, 1.165) is 0 Å². The van der Waals surface area contributed by atoms with Crippen LogP contribution in [0.25, 0.3) is 16.8 Å². The zero-order chi connectivity index (χ0) is 18.3. The van der Waals surface area contributed by atoms with E-state index in [0.29, 0.717) is 22.5 Å². The Morgan fingerprint density at radius 1 is 1.20 bits per heavy atom. The largest absolute Gasteiger partial charge is 0.332 e. The molecule has 3 aromatic rings. The highest BCUT2D eigenvalue weighted by Crippen LogP contribution is 2.37. The van der Waals surface area contributed by atoms with E-state index >= 15 is 0 Å². The van der Waals surface area contributed by atoms with Gasteiger partial charge < -0.3 is 4.57 Å². The maximum atomic E-state index is 12.1. The van der Waals surface area contributed by atoms with E-state index in [9.17, 15) is 14.9 Å². The summed E-state index contributed by atoms with van der Waals surface area (Å²) in [5.41, 5.74) is 1.32. The summed E-state index contributed by atoms with van der Waals surface area (Å²) < 4.78 is 2.81. The molecular weight excluding hydrogens is 367 g/mol. The van der Waals surface area contributed by atoms with Crippen LogP contribution in [0.5, 0.6) is 0 Å². The highest BCUT2D eigenvalue weighted by molar-refractivity contribution is 6.33. The molecule has 25 heavy (non-hydrogen) atoms. The van der Waals surface area contributed by atoms with Gasteiger partial charge in [-0.15, -0.1) is 0 Å². The molecular formula is C16H12Cl2N4O3. The Morgan fingerprint density at radius 3 is 2.48 bits per heavy atom. The van der Waals surface area contributed by atoms with Gasteiger partial charge in [0.1, 0.15) is 0 Å². The van der Waals surface area contributed by atoms with Gasteiger partial charge >= 0.3 is 11.4 Å². The van der Waals surface area contributed by atoms with Crippen molar-refractivity contribution in [2.24, 2.45) is 7.05 Å². The van der Waals surface area contributed by atoms with E-state index in [4.69, 9.17) is 23.2 Å². The molecule has 7 nitrogen and oxygen atoms in total. The maximum Gasteiger partial charge on any atom is 0.332 e. The molecule has 0 radical (unpaired) electrons. The van der Waals surface area contributed by atoms with Crippen LogP contribution < -0.4 is 5.69 Å². The van der Waals surface area contributed by atoms with Crippen molar-refractivity contribution in [1.82, 2.24) is 14.1 Å². The highest BCUT2D eigenvalue weighted by atomic mass is 35.5. The summed E-state index contributed by atoms with van der Waals surface area (Å²) in [6.45, 7) is 1.69. The molecule has 1 aromatic carbocycles. The molecule has 0 spiro atoms. The summed E-state index contributed by atoms with van der Waals surface area (Å²) in [7, 11) is 1.63. The molecule has 0 atom stereocenters. The summed E-state index contributed by atoms with van der Waals surface area (Å²) in [6, 6.07) is 6.42. The van der Waals surface area contributed by atoms with Crippen molar-refractivity contribution in [3.63, 3.8) is 0 Å². The SMILES string of the molecule is Cc1cc(-c2ccc(-n3ccn(C)c3=O)c(Cl)c2)c([N+](=O)[O-])c(Cl)n1. The molecule has 9 heteroatoms. The number of nitro groups is 1. The molecule has 2 heterocycles. The summed E-state index contributed by atoms with van der Waals surface area (Å²) in [4.78, 5) is 26.8. The predicted octanol–water partition coefficient (Wildman–Crippen LogP) is 3.76. The lowest BCUT2D eigenvalue weighted by Crippen LogP contribution is -2.20. The smallest absolute Gasteiger partial charge is 0.302 e. The summed E-state index contributed by atoms with van der Waals surface area (Å²) in [5.74, 6) is 0. The third-order valence-electron chi connectivity index (χ3n) is 3.73. The van der Waals surface area contributed by atoms with Crippen molar-refractivity contribution in [3.05, 3.63) is 73.1 Å². The van der Waals surface area contributed by atoms with Gasteiger partial charge in [-0.05, 0) is 30.7 Å². The van der Waals surface area contributed by atoms with Gasteiger partial charge in [0.25, 0.3) is 0 Å². The Bertz CT molecular complexity index is 1060. The molecule has 0 aliphatic heterocycles. The first-order chi connectivity index (χ1) is 11.8. The third kappa shape index (κ3) is 3.04. The summed E-state index contributed by atoms with van der Waals surface area (Å²) in [5, 5.41) is 11.4. The van der Waals surface area contributed by atoms with Crippen LogP contribution in [0.15, 0.2) is 41.5 Å². The Labute approximate surface area is 152 Å². The van der Waals surface area contributed by atoms with Gasteiger partial charge in [0.2, 0.25) is 5.15 Å². The molecule has 0 saturated carbocycles. The minimum atomic E-state index is -0.576. The van der Waals surface area contributed by atoms with Crippen molar-refractivity contribution in [2.45, 2.75) is 6.92 Å². The maximum absolute atomic E-state index is 12.1. The van der Waals surface area contributed by atoms with Crippen LogP contribution in [-0.4, -0.2) is 19.0 Å². The van der Waals surface area contributed by atoms with Gasteiger partial charge in [-0.1, -0.05) is 29.3 Å². The van der Waals surface area contributed by atoms with Crippen molar-refractivity contribution >= 4 is 28.9 Å². The molecule has 0 saturated heterocycles. The number of benzene rings is 1. The molecule has 3 rings (SSSR count). The minimum absolute atomic E-state index is 0.181. The number of hydrogen-bond donors (Lipinski definition) is 0. The average Bonchev–Trinajstić information content (AvgIpc) is 2.85. The molecule has 128 valence electrons. The second-order valence-corrected chi connectivity index (χ2v) is 6.20. The number of hydrogen-bond acceptors (Lipinski definition) is 4. The van der Waals surface area contributed by atoms with Gasteiger partial charge in [0.05, 0.1) is 21.2 Å². The molecule has 0 N–H and O–H groups in total. The van der Waals surface area contributed by atoms with Crippen molar-refractivity contribution in [1.29, 1.82) is 0 Å². The average molecular weight is 379 g/mol. The molecule has 0 aliphatic carbocycles. The van der Waals surface area contributed by atoms with Gasteiger partial charge in [-0.3, -0.25) is 14.7 Å². The van der Waals surface area contributed by atoms with Crippen LogP contribution in [-0.2, 0) is 7.05 Å². The van der Waals surface area contributed by atoms with E-state index in [1.54, 1.807) is 50.6 Å². The first-order valence-corrected chi connectivity index (χ1v) is 7.91. The molecule has 0 fully saturated rings. The third-order valence-corrected chi connectivity index (χ3v) is 4.29. The van der Waals surface area contributed by atoms with Gasteiger partial charge in [-0.2, -0.15) is 0 Å². The Morgan fingerprint density at radius 2 is 1.92 bits per heavy atom. The molecule has 0 unspecified atom stereocenters. The number of aryl methyl sites for hydroxylation is 2. The van der Waals surface area contributed by atoms with Crippen LogP contribution in [0.1, 0.15) is 5.69 Å². The van der Waals surface area contributed by atoms with Crippen LogP contribution >= 0.6 is 23.2 Å². The quantitative estimate of drug-likeness (QED) is 0.394. The van der Waals surface area contributed by atoms with E-state index in [1.807, 2.05) is 0 Å². The highest BCUT2D eigenvalue weighted by Gasteiger charge is 2.23. The van der Waals surface area contributed by atoms with Crippen molar-refractivity contribution < 1.29 is 4.92 Å². The zero-order valence-electron chi connectivity index (χ0n) is 13.2. The first-order valence-electron chi connectivity index (χ1n) is 7.15. The van der Waals surface area contributed by atoms with Gasteiger partial charge in [-0.25, -0.2) is 9.78 Å². The van der Waals surface area contributed by atoms with Crippen LogP contribution in [0, 0.1) is 17.0 Å². The fourth-order valence-electron chi connectivity index (χ4n) is 2.54. The summed E-state index contributed by atoms with van der Waals surface area (Å²) >= 11 is 12.3. The standard InChI is InChI=1S/C16H12Cl2N4O3/c1-9-7-11(14(22(24)25)15(18)19-9)10-3-4-13(12(17)8-10)21-6-5-20(2)16(21)23/h3-8H,1-2H3. The Hall–Kier alpha value is -2.64. The van der Waals surface area contributed by atoms with E-state index in [-0.39, 0.29) is 21.6 Å².